The molecule has 1 unspecified atom stereocenters. The van der Waals surface area contributed by atoms with Gasteiger partial charge >= 0.3 is 0 Å². The fourth-order valence-electron chi connectivity index (χ4n) is 2.05. The molecule has 0 aliphatic heterocycles. The summed E-state index contributed by atoms with van der Waals surface area (Å²) in [6.07, 6.45) is 3.13. The van der Waals surface area contributed by atoms with Crippen molar-refractivity contribution in [2.75, 3.05) is 13.6 Å². The van der Waals surface area contributed by atoms with Gasteiger partial charge in [0.1, 0.15) is 0 Å². The maximum atomic E-state index is 3.21. The van der Waals surface area contributed by atoms with Crippen molar-refractivity contribution in [3.05, 3.63) is 36.0 Å². The Bertz CT molecular complexity index is 431. The Balaban J connectivity index is 2.14. The summed E-state index contributed by atoms with van der Waals surface area (Å²) in [4.78, 5) is 3.21. The molecule has 0 saturated heterocycles. The van der Waals surface area contributed by atoms with Gasteiger partial charge in [-0.25, -0.2) is 0 Å². The molecule has 0 fully saturated rings. The number of hydrogen-bond acceptors (Lipinski definition) is 1. The molecule has 2 nitrogen and oxygen atoms in total. The van der Waals surface area contributed by atoms with Crippen molar-refractivity contribution in [3.63, 3.8) is 0 Å². The second-order valence-electron chi connectivity index (χ2n) is 4.27. The number of H-pyrrole nitrogens is 1. The normalized spacial score (nSPS) is 13.2. The summed E-state index contributed by atoms with van der Waals surface area (Å²) in [6.45, 7) is 3.35. The number of benzene rings is 1. The highest BCUT2D eigenvalue weighted by molar-refractivity contribution is 5.79. The van der Waals surface area contributed by atoms with E-state index in [-0.39, 0.29) is 0 Å². The van der Waals surface area contributed by atoms with Crippen LogP contribution in [0.5, 0.6) is 0 Å². The minimum absolute atomic E-state index is 0.686. The second-order valence-corrected chi connectivity index (χ2v) is 4.27. The zero-order chi connectivity index (χ0) is 10.7. The van der Waals surface area contributed by atoms with Gasteiger partial charge in [0.15, 0.2) is 0 Å². The Kier molecular flexibility index (Phi) is 3.07. The first kappa shape index (κ1) is 10.2. The van der Waals surface area contributed by atoms with Crippen LogP contribution in [0.1, 0.15) is 12.5 Å². The predicted molar refractivity (Wildman–Crippen MR) is 65.1 cm³/mol. The SMILES string of the molecule is CNCC(C)Cc1ccc2[nH]ccc2c1. The van der Waals surface area contributed by atoms with E-state index in [4.69, 9.17) is 0 Å². The molecule has 0 radical (unpaired) electrons. The van der Waals surface area contributed by atoms with Gasteiger partial charge in [-0.15, -0.1) is 0 Å². The third kappa shape index (κ3) is 2.39. The van der Waals surface area contributed by atoms with Gasteiger partial charge in [0.25, 0.3) is 0 Å². The highest BCUT2D eigenvalue weighted by Gasteiger charge is 2.03. The first-order chi connectivity index (χ1) is 7.29. The first-order valence-corrected chi connectivity index (χ1v) is 5.50. The molecule has 15 heavy (non-hydrogen) atoms. The van der Waals surface area contributed by atoms with Crippen LogP contribution in [0, 0.1) is 5.92 Å². The lowest BCUT2D eigenvalue weighted by atomic mass is 10.0. The van der Waals surface area contributed by atoms with Crippen LogP contribution < -0.4 is 5.32 Å². The van der Waals surface area contributed by atoms with E-state index in [2.05, 4.69) is 41.5 Å². The lowest BCUT2D eigenvalue weighted by molar-refractivity contribution is 0.542. The van der Waals surface area contributed by atoms with E-state index in [1.165, 1.54) is 16.5 Å². The number of aromatic amines is 1. The minimum Gasteiger partial charge on any atom is -0.361 e. The summed E-state index contributed by atoms with van der Waals surface area (Å²) in [6, 6.07) is 8.78. The number of rotatable bonds is 4. The van der Waals surface area contributed by atoms with Gasteiger partial charge < -0.3 is 10.3 Å². The molecule has 0 amide bonds. The van der Waals surface area contributed by atoms with E-state index in [1.807, 2.05) is 13.2 Å². The number of hydrogen-bond donors (Lipinski definition) is 2. The number of fused-ring (bicyclic) bond motifs is 1. The molecule has 0 aliphatic carbocycles. The van der Waals surface area contributed by atoms with E-state index in [0.29, 0.717) is 5.92 Å². The van der Waals surface area contributed by atoms with Gasteiger partial charge in [0.05, 0.1) is 0 Å². The third-order valence-corrected chi connectivity index (χ3v) is 2.75. The van der Waals surface area contributed by atoms with Gasteiger partial charge in [-0.1, -0.05) is 13.0 Å². The van der Waals surface area contributed by atoms with Crippen molar-refractivity contribution < 1.29 is 0 Å². The van der Waals surface area contributed by atoms with Crippen LogP contribution in [0.3, 0.4) is 0 Å². The van der Waals surface area contributed by atoms with E-state index in [1.54, 1.807) is 0 Å². The standard InChI is InChI=1S/C13H18N2/c1-10(9-14-2)7-11-3-4-13-12(8-11)5-6-15-13/h3-6,8,10,14-15H,7,9H2,1-2H3. The maximum absolute atomic E-state index is 3.21. The summed E-state index contributed by atoms with van der Waals surface area (Å²) in [7, 11) is 2.01. The van der Waals surface area contributed by atoms with Crippen molar-refractivity contribution in [2.45, 2.75) is 13.3 Å². The first-order valence-electron chi connectivity index (χ1n) is 5.50. The quantitative estimate of drug-likeness (QED) is 0.783. The van der Waals surface area contributed by atoms with Crippen LogP contribution in [-0.4, -0.2) is 18.6 Å². The fraction of sp³-hybridized carbons (Fsp3) is 0.385. The molecule has 2 rings (SSSR count). The fourth-order valence-corrected chi connectivity index (χ4v) is 2.05. The van der Waals surface area contributed by atoms with Crippen LogP contribution in [0.25, 0.3) is 10.9 Å². The van der Waals surface area contributed by atoms with Crippen LogP contribution in [-0.2, 0) is 6.42 Å². The van der Waals surface area contributed by atoms with Gasteiger partial charge in [-0.3, -0.25) is 0 Å². The van der Waals surface area contributed by atoms with Gasteiger partial charge in [0, 0.05) is 11.7 Å². The van der Waals surface area contributed by atoms with Crippen molar-refractivity contribution in [2.24, 2.45) is 5.92 Å². The average molecular weight is 202 g/mol. The lowest BCUT2D eigenvalue weighted by Gasteiger charge is -2.10. The highest BCUT2D eigenvalue weighted by Crippen LogP contribution is 2.16. The summed E-state index contributed by atoms with van der Waals surface area (Å²) in [5.41, 5.74) is 2.64. The lowest BCUT2D eigenvalue weighted by Crippen LogP contribution is -2.17. The molecule has 2 heteroatoms. The highest BCUT2D eigenvalue weighted by atomic mass is 14.8. The maximum Gasteiger partial charge on any atom is 0.0454 e. The van der Waals surface area contributed by atoms with E-state index in [9.17, 15) is 0 Å². The Morgan fingerprint density at radius 3 is 3.00 bits per heavy atom. The van der Waals surface area contributed by atoms with E-state index in [0.717, 1.165) is 13.0 Å². The topological polar surface area (TPSA) is 27.8 Å². The molecule has 1 aromatic carbocycles. The molecular formula is C13H18N2. The van der Waals surface area contributed by atoms with Crippen LogP contribution in [0.15, 0.2) is 30.5 Å². The molecule has 1 aromatic heterocycles. The molecule has 0 spiro atoms. The molecule has 0 saturated carbocycles. The number of aromatic nitrogens is 1. The van der Waals surface area contributed by atoms with Gasteiger partial charge in [0.2, 0.25) is 0 Å². The monoisotopic (exact) mass is 202 g/mol. The summed E-state index contributed by atoms with van der Waals surface area (Å²) in [5.74, 6) is 0.686. The second kappa shape index (κ2) is 4.49. The average Bonchev–Trinajstić information content (AvgIpc) is 2.65. The van der Waals surface area contributed by atoms with Crippen molar-refractivity contribution in [1.29, 1.82) is 0 Å². The minimum atomic E-state index is 0.686. The molecule has 1 atom stereocenters. The molecular weight excluding hydrogens is 184 g/mol. The zero-order valence-corrected chi connectivity index (χ0v) is 9.38. The van der Waals surface area contributed by atoms with Gasteiger partial charge in [-0.05, 0) is 55.1 Å². The molecule has 1 heterocycles. The van der Waals surface area contributed by atoms with E-state index >= 15 is 0 Å². The molecule has 80 valence electrons. The smallest absolute Gasteiger partial charge is 0.0454 e. The Hall–Kier alpha value is -1.28. The summed E-state index contributed by atoms with van der Waals surface area (Å²) < 4.78 is 0. The Morgan fingerprint density at radius 2 is 2.20 bits per heavy atom. The van der Waals surface area contributed by atoms with Crippen molar-refractivity contribution >= 4 is 10.9 Å². The van der Waals surface area contributed by atoms with Gasteiger partial charge in [-0.2, -0.15) is 0 Å². The largest absolute Gasteiger partial charge is 0.361 e. The van der Waals surface area contributed by atoms with Crippen LogP contribution >= 0.6 is 0 Å². The van der Waals surface area contributed by atoms with Crippen molar-refractivity contribution in [3.8, 4) is 0 Å². The predicted octanol–water partition coefficient (Wildman–Crippen LogP) is 2.57. The molecule has 2 aromatic rings. The molecule has 0 bridgehead atoms. The molecule has 0 aliphatic rings. The molecule has 2 N–H and O–H groups in total. The summed E-state index contributed by atoms with van der Waals surface area (Å²) >= 11 is 0. The number of nitrogens with one attached hydrogen (secondary N) is 2. The Morgan fingerprint density at radius 1 is 1.33 bits per heavy atom. The van der Waals surface area contributed by atoms with Crippen LogP contribution in [0.4, 0.5) is 0 Å². The van der Waals surface area contributed by atoms with Crippen LogP contribution in [0.2, 0.25) is 0 Å². The summed E-state index contributed by atoms with van der Waals surface area (Å²) in [5, 5.41) is 4.52. The van der Waals surface area contributed by atoms with Crippen molar-refractivity contribution in [1.82, 2.24) is 10.3 Å². The zero-order valence-electron chi connectivity index (χ0n) is 9.38. The third-order valence-electron chi connectivity index (χ3n) is 2.75. The Labute approximate surface area is 90.7 Å². The van der Waals surface area contributed by atoms with E-state index < -0.39 is 0 Å².